The summed E-state index contributed by atoms with van der Waals surface area (Å²) in [6, 6.07) is 6.80. The zero-order chi connectivity index (χ0) is 19.0. The van der Waals surface area contributed by atoms with E-state index < -0.39 is 6.10 Å². The Morgan fingerprint density at radius 1 is 1.30 bits per heavy atom. The molecule has 2 amide bonds. The number of nitrogens with one attached hydrogen (secondary N) is 2. The molecule has 1 aromatic heterocycles. The Hall–Kier alpha value is -2.38. The number of rotatable bonds is 4. The lowest BCUT2D eigenvalue weighted by Gasteiger charge is -2.30. The number of likely N-dealkylation sites (tertiary alicyclic amines) is 1. The van der Waals surface area contributed by atoms with E-state index in [9.17, 15) is 14.7 Å². The molecule has 1 aliphatic carbocycles. The van der Waals surface area contributed by atoms with Crippen molar-refractivity contribution in [1.29, 1.82) is 0 Å². The summed E-state index contributed by atoms with van der Waals surface area (Å²) >= 11 is 6.09. The Bertz CT molecular complexity index is 878. The molecule has 27 heavy (non-hydrogen) atoms. The van der Waals surface area contributed by atoms with Crippen LogP contribution in [0.15, 0.2) is 24.3 Å². The average molecular weight is 389 g/mol. The SMILES string of the molecule is O=C(Nc1cccc(C(=O)N2CCCC(O)C2)c1)c1c(Cl)n[nH]c1C1CC1. The van der Waals surface area contributed by atoms with Crippen molar-refractivity contribution in [2.24, 2.45) is 0 Å². The smallest absolute Gasteiger partial charge is 0.260 e. The largest absolute Gasteiger partial charge is 0.391 e. The molecule has 3 N–H and O–H groups in total. The number of halogens is 1. The van der Waals surface area contributed by atoms with E-state index >= 15 is 0 Å². The van der Waals surface area contributed by atoms with Crippen molar-refractivity contribution in [2.75, 3.05) is 18.4 Å². The fourth-order valence-corrected chi connectivity index (χ4v) is 3.69. The molecule has 2 fully saturated rings. The molecule has 2 aliphatic rings. The number of benzene rings is 1. The quantitative estimate of drug-likeness (QED) is 0.750. The van der Waals surface area contributed by atoms with Crippen LogP contribution in [0.4, 0.5) is 5.69 Å². The zero-order valence-corrected chi connectivity index (χ0v) is 15.5. The van der Waals surface area contributed by atoms with Gasteiger partial charge in [-0.3, -0.25) is 14.7 Å². The van der Waals surface area contributed by atoms with Gasteiger partial charge in [-0.25, -0.2) is 0 Å². The summed E-state index contributed by atoms with van der Waals surface area (Å²) in [5.41, 5.74) is 2.13. The van der Waals surface area contributed by atoms with E-state index in [1.807, 2.05) is 0 Å². The molecule has 1 aliphatic heterocycles. The standard InChI is InChI=1S/C19H21ClN4O3/c20-17-15(16(22-23-17)11-6-7-11)18(26)21-13-4-1-3-12(9-13)19(27)24-8-2-5-14(25)10-24/h1,3-4,9,11,14,25H,2,5-8,10H2,(H,21,26)(H,22,23). The number of β-amino-alcohol motifs (C(OH)–C–C–N with tert-alkyl or cyclic N) is 1. The van der Waals surface area contributed by atoms with Crippen LogP contribution < -0.4 is 5.32 Å². The van der Waals surface area contributed by atoms with E-state index in [0.29, 0.717) is 42.2 Å². The van der Waals surface area contributed by atoms with Crippen molar-refractivity contribution in [1.82, 2.24) is 15.1 Å². The minimum absolute atomic E-state index is 0.148. The van der Waals surface area contributed by atoms with Gasteiger partial charge in [-0.1, -0.05) is 17.7 Å². The molecule has 2 heterocycles. The number of nitrogens with zero attached hydrogens (tertiary/aromatic N) is 2. The number of piperidine rings is 1. The monoisotopic (exact) mass is 388 g/mol. The van der Waals surface area contributed by atoms with Crippen LogP contribution in [0.2, 0.25) is 5.15 Å². The van der Waals surface area contributed by atoms with Gasteiger partial charge in [-0.05, 0) is 43.9 Å². The van der Waals surface area contributed by atoms with Crippen LogP contribution in [-0.4, -0.2) is 51.2 Å². The number of anilines is 1. The number of amides is 2. The van der Waals surface area contributed by atoms with E-state index in [1.54, 1.807) is 29.2 Å². The highest BCUT2D eigenvalue weighted by molar-refractivity contribution is 6.33. The third-order valence-electron chi connectivity index (χ3n) is 5.01. The molecule has 4 rings (SSSR count). The molecule has 8 heteroatoms. The van der Waals surface area contributed by atoms with E-state index in [0.717, 1.165) is 25.0 Å². The van der Waals surface area contributed by atoms with E-state index in [-0.39, 0.29) is 17.0 Å². The van der Waals surface area contributed by atoms with Crippen molar-refractivity contribution < 1.29 is 14.7 Å². The maximum atomic E-state index is 12.7. The molecule has 1 aromatic carbocycles. The van der Waals surface area contributed by atoms with Gasteiger partial charge in [0.25, 0.3) is 11.8 Å². The van der Waals surface area contributed by atoms with E-state index in [4.69, 9.17) is 11.6 Å². The van der Waals surface area contributed by atoms with Crippen LogP contribution in [0.5, 0.6) is 0 Å². The fraction of sp³-hybridized carbons (Fsp3) is 0.421. The molecular weight excluding hydrogens is 368 g/mol. The second kappa shape index (κ2) is 7.32. The first kappa shape index (κ1) is 18.0. The van der Waals surface area contributed by atoms with Gasteiger partial charge in [-0.15, -0.1) is 0 Å². The number of carbonyl (C=O) groups excluding carboxylic acids is 2. The van der Waals surface area contributed by atoms with Crippen LogP contribution in [-0.2, 0) is 0 Å². The van der Waals surface area contributed by atoms with Gasteiger partial charge in [0.15, 0.2) is 5.15 Å². The van der Waals surface area contributed by atoms with Crippen molar-refractivity contribution in [3.63, 3.8) is 0 Å². The Labute approximate surface area is 161 Å². The second-order valence-corrected chi connectivity index (χ2v) is 7.52. The van der Waals surface area contributed by atoms with Crippen LogP contribution >= 0.6 is 11.6 Å². The molecule has 0 spiro atoms. The Morgan fingerprint density at radius 3 is 2.85 bits per heavy atom. The highest BCUT2D eigenvalue weighted by atomic mass is 35.5. The lowest BCUT2D eigenvalue weighted by Crippen LogP contribution is -2.42. The highest BCUT2D eigenvalue weighted by Crippen LogP contribution is 2.42. The van der Waals surface area contributed by atoms with Crippen molar-refractivity contribution >= 4 is 29.1 Å². The molecular formula is C19H21ClN4O3. The number of aliphatic hydroxyl groups excluding tert-OH is 1. The lowest BCUT2D eigenvalue weighted by atomic mass is 10.1. The summed E-state index contributed by atoms with van der Waals surface area (Å²) in [6.45, 7) is 0.965. The Balaban J connectivity index is 1.50. The number of aromatic nitrogens is 2. The van der Waals surface area contributed by atoms with Gasteiger partial charge in [0, 0.05) is 30.3 Å². The summed E-state index contributed by atoms with van der Waals surface area (Å²) in [5, 5.41) is 19.6. The predicted octanol–water partition coefficient (Wildman–Crippen LogP) is 2.79. The number of aromatic amines is 1. The summed E-state index contributed by atoms with van der Waals surface area (Å²) in [6.07, 6.45) is 3.06. The van der Waals surface area contributed by atoms with Gasteiger partial charge in [0.2, 0.25) is 0 Å². The topological polar surface area (TPSA) is 98.3 Å². The minimum atomic E-state index is -0.477. The first-order valence-electron chi connectivity index (χ1n) is 9.15. The third kappa shape index (κ3) is 3.84. The molecule has 1 unspecified atom stereocenters. The maximum absolute atomic E-state index is 12.7. The first-order valence-corrected chi connectivity index (χ1v) is 9.53. The molecule has 142 valence electrons. The second-order valence-electron chi connectivity index (χ2n) is 7.16. The van der Waals surface area contributed by atoms with Gasteiger partial charge in [0.05, 0.1) is 17.4 Å². The normalized spacial score (nSPS) is 19.8. The lowest BCUT2D eigenvalue weighted by molar-refractivity contribution is 0.0474. The maximum Gasteiger partial charge on any atom is 0.260 e. The molecule has 1 saturated heterocycles. The van der Waals surface area contributed by atoms with E-state index in [2.05, 4.69) is 15.5 Å². The summed E-state index contributed by atoms with van der Waals surface area (Å²) in [7, 11) is 0. The molecule has 0 bridgehead atoms. The number of H-pyrrole nitrogens is 1. The molecule has 1 atom stereocenters. The van der Waals surface area contributed by atoms with Crippen molar-refractivity contribution in [3.05, 3.63) is 46.2 Å². The van der Waals surface area contributed by atoms with Crippen LogP contribution in [0.1, 0.15) is 58.0 Å². The van der Waals surface area contributed by atoms with Gasteiger partial charge < -0.3 is 15.3 Å². The minimum Gasteiger partial charge on any atom is -0.391 e. The fourth-order valence-electron chi connectivity index (χ4n) is 3.46. The molecule has 0 radical (unpaired) electrons. The number of aliphatic hydroxyl groups is 1. The van der Waals surface area contributed by atoms with Crippen LogP contribution in [0.25, 0.3) is 0 Å². The summed E-state index contributed by atoms with van der Waals surface area (Å²) in [4.78, 5) is 27.0. The van der Waals surface area contributed by atoms with Crippen LogP contribution in [0, 0.1) is 0 Å². The zero-order valence-electron chi connectivity index (χ0n) is 14.7. The van der Waals surface area contributed by atoms with Gasteiger partial charge in [-0.2, -0.15) is 5.10 Å². The van der Waals surface area contributed by atoms with Crippen molar-refractivity contribution in [3.8, 4) is 0 Å². The number of carbonyl (C=O) groups is 2. The first-order chi connectivity index (χ1) is 13.0. The number of hydrogen-bond acceptors (Lipinski definition) is 4. The predicted molar refractivity (Wildman–Crippen MR) is 101 cm³/mol. The third-order valence-corrected chi connectivity index (χ3v) is 5.29. The highest BCUT2D eigenvalue weighted by Gasteiger charge is 2.32. The Morgan fingerprint density at radius 2 is 2.11 bits per heavy atom. The summed E-state index contributed by atoms with van der Waals surface area (Å²) in [5.74, 6) is -0.178. The molecule has 1 saturated carbocycles. The summed E-state index contributed by atoms with van der Waals surface area (Å²) < 4.78 is 0. The molecule has 7 nitrogen and oxygen atoms in total. The van der Waals surface area contributed by atoms with E-state index in [1.165, 1.54) is 0 Å². The Kier molecular flexibility index (Phi) is 4.88. The average Bonchev–Trinajstić information content (AvgIpc) is 3.43. The van der Waals surface area contributed by atoms with Gasteiger partial charge in [0.1, 0.15) is 0 Å². The van der Waals surface area contributed by atoms with Gasteiger partial charge >= 0.3 is 0 Å². The van der Waals surface area contributed by atoms with Crippen molar-refractivity contribution in [2.45, 2.75) is 37.7 Å². The molecule has 2 aromatic rings. The van der Waals surface area contributed by atoms with Crippen LogP contribution in [0.3, 0.4) is 0 Å². The number of hydrogen-bond donors (Lipinski definition) is 3.